The highest BCUT2D eigenvalue weighted by Gasteiger charge is 2.09. The highest BCUT2D eigenvalue weighted by atomic mass is 32.2. The van der Waals surface area contributed by atoms with E-state index in [1.807, 2.05) is 56.3 Å². The molecule has 0 saturated heterocycles. The molecule has 0 atom stereocenters. The fourth-order valence-electron chi connectivity index (χ4n) is 2.42. The van der Waals surface area contributed by atoms with Gasteiger partial charge in [0.05, 0.1) is 16.0 Å². The van der Waals surface area contributed by atoms with Crippen LogP contribution in [0.4, 0.5) is 5.69 Å². The van der Waals surface area contributed by atoms with Gasteiger partial charge < -0.3 is 5.32 Å². The van der Waals surface area contributed by atoms with E-state index in [1.54, 1.807) is 4.57 Å². The Bertz CT molecular complexity index is 926. The lowest BCUT2D eigenvalue weighted by Gasteiger charge is -2.06. The summed E-state index contributed by atoms with van der Waals surface area (Å²) in [6.45, 7) is 4.64. The standard InChI is InChI=1S/C18H18N2O2S2/c1-3-20-15-9-6-13(10-16(15)24-18(20)22)19-17(21)11-23-14-7-4-12(2)5-8-14/h4-10H,3,11H2,1-2H3,(H,19,21). The van der Waals surface area contributed by atoms with Crippen molar-refractivity contribution in [3.05, 3.63) is 57.7 Å². The molecule has 0 bridgehead atoms. The van der Waals surface area contributed by atoms with Gasteiger partial charge >= 0.3 is 4.87 Å². The van der Waals surface area contributed by atoms with E-state index in [4.69, 9.17) is 0 Å². The maximum Gasteiger partial charge on any atom is 0.308 e. The van der Waals surface area contributed by atoms with Gasteiger partial charge in [-0.05, 0) is 44.2 Å². The maximum atomic E-state index is 12.1. The summed E-state index contributed by atoms with van der Waals surface area (Å²) in [6, 6.07) is 13.7. The van der Waals surface area contributed by atoms with E-state index in [-0.39, 0.29) is 10.8 Å². The maximum absolute atomic E-state index is 12.1. The van der Waals surface area contributed by atoms with Crippen molar-refractivity contribution in [1.82, 2.24) is 4.57 Å². The molecule has 0 unspecified atom stereocenters. The van der Waals surface area contributed by atoms with Gasteiger partial charge in [0.1, 0.15) is 0 Å². The summed E-state index contributed by atoms with van der Waals surface area (Å²) in [4.78, 5) is 25.1. The highest BCUT2D eigenvalue weighted by molar-refractivity contribution is 8.00. The summed E-state index contributed by atoms with van der Waals surface area (Å²) in [6.07, 6.45) is 0. The smallest absolute Gasteiger partial charge is 0.308 e. The van der Waals surface area contributed by atoms with Gasteiger partial charge in [0.25, 0.3) is 0 Å². The van der Waals surface area contributed by atoms with Crippen molar-refractivity contribution in [2.45, 2.75) is 25.3 Å². The molecular formula is C18H18N2O2S2. The van der Waals surface area contributed by atoms with Gasteiger partial charge in [-0.15, -0.1) is 11.8 Å². The molecule has 1 aromatic heterocycles. The topological polar surface area (TPSA) is 51.1 Å². The van der Waals surface area contributed by atoms with Crippen molar-refractivity contribution in [2.75, 3.05) is 11.1 Å². The predicted molar refractivity (Wildman–Crippen MR) is 102 cm³/mol. The normalized spacial score (nSPS) is 10.9. The van der Waals surface area contributed by atoms with Crippen LogP contribution in [0.1, 0.15) is 12.5 Å². The van der Waals surface area contributed by atoms with Crippen molar-refractivity contribution in [3.63, 3.8) is 0 Å². The minimum Gasteiger partial charge on any atom is -0.325 e. The summed E-state index contributed by atoms with van der Waals surface area (Å²) in [5, 5.41) is 2.90. The number of thioether (sulfide) groups is 1. The lowest BCUT2D eigenvalue weighted by molar-refractivity contribution is -0.113. The first-order chi connectivity index (χ1) is 11.6. The molecule has 3 aromatic rings. The van der Waals surface area contributed by atoms with Crippen LogP contribution in [0, 0.1) is 6.92 Å². The Hall–Kier alpha value is -2.05. The molecule has 6 heteroatoms. The molecule has 0 aliphatic heterocycles. The zero-order valence-corrected chi connectivity index (χ0v) is 15.2. The van der Waals surface area contributed by atoms with Crippen LogP contribution in [0.3, 0.4) is 0 Å². The van der Waals surface area contributed by atoms with Gasteiger partial charge in [0.2, 0.25) is 5.91 Å². The molecule has 0 saturated carbocycles. The number of hydrogen-bond donors (Lipinski definition) is 1. The van der Waals surface area contributed by atoms with Crippen LogP contribution in [0.2, 0.25) is 0 Å². The zero-order chi connectivity index (χ0) is 17.1. The van der Waals surface area contributed by atoms with E-state index < -0.39 is 0 Å². The molecule has 0 spiro atoms. The molecule has 124 valence electrons. The Labute approximate surface area is 148 Å². The third kappa shape index (κ3) is 3.71. The Morgan fingerprint density at radius 3 is 2.67 bits per heavy atom. The van der Waals surface area contributed by atoms with E-state index in [0.29, 0.717) is 12.3 Å². The minimum atomic E-state index is -0.0535. The third-order valence-corrected chi connectivity index (χ3v) is 5.61. The van der Waals surface area contributed by atoms with Crippen molar-refractivity contribution in [1.29, 1.82) is 0 Å². The van der Waals surface area contributed by atoms with E-state index in [0.717, 1.165) is 20.8 Å². The fourth-order valence-corrected chi connectivity index (χ4v) is 4.12. The molecule has 1 amide bonds. The van der Waals surface area contributed by atoms with Gasteiger partial charge in [-0.1, -0.05) is 29.0 Å². The third-order valence-electron chi connectivity index (χ3n) is 3.66. The Balaban J connectivity index is 1.66. The number of hydrogen-bond acceptors (Lipinski definition) is 4. The lowest BCUT2D eigenvalue weighted by Crippen LogP contribution is -2.14. The number of thiazole rings is 1. The number of carbonyl (C=O) groups excluding carboxylic acids is 1. The molecule has 0 aliphatic carbocycles. The molecule has 24 heavy (non-hydrogen) atoms. The molecule has 0 radical (unpaired) electrons. The van der Waals surface area contributed by atoms with Crippen LogP contribution in [-0.4, -0.2) is 16.2 Å². The molecule has 0 fully saturated rings. The summed E-state index contributed by atoms with van der Waals surface area (Å²) in [5.41, 5.74) is 2.84. The van der Waals surface area contributed by atoms with Crippen molar-refractivity contribution in [2.24, 2.45) is 0 Å². The van der Waals surface area contributed by atoms with Crippen molar-refractivity contribution in [3.8, 4) is 0 Å². The predicted octanol–water partition coefficient (Wildman–Crippen LogP) is 4.12. The number of carbonyl (C=O) groups is 1. The number of amides is 1. The van der Waals surface area contributed by atoms with Crippen LogP contribution in [0.15, 0.2) is 52.2 Å². The second kappa shape index (κ2) is 7.23. The summed E-state index contributed by atoms with van der Waals surface area (Å²) >= 11 is 2.71. The van der Waals surface area contributed by atoms with Crippen molar-refractivity contribution < 1.29 is 4.79 Å². The van der Waals surface area contributed by atoms with Crippen molar-refractivity contribution >= 4 is 44.9 Å². The number of fused-ring (bicyclic) bond motifs is 1. The molecular weight excluding hydrogens is 340 g/mol. The number of nitrogens with one attached hydrogen (secondary N) is 1. The minimum absolute atomic E-state index is 0.0332. The molecule has 3 rings (SSSR count). The number of nitrogens with zero attached hydrogens (tertiary/aromatic N) is 1. The second-order valence-electron chi connectivity index (χ2n) is 5.44. The average molecular weight is 358 g/mol. The van der Waals surface area contributed by atoms with E-state index in [1.165, 1.54) is 28.7 Å². The number of anilines is 1. The lowest BCUT2D eigenvalue weighted by atomic mass is 10.2. The molecule has 1 N–H and O–H groups in total. The van der Waals surface area contributed by atoms with Crippen LogP contribution < -0.4 is 10.2 Å². The Kier molecular flexibility index (Phi) is 5.06. The first kappa shape index (κ1) is 16.8. The first-order valence-electron chi connectivity index (χ1n) is 7.69. The van der Waals surface area contributed by atoms with Crippen LogP contribution in [0.25, 0.3) is 10.2 Å². The summed E-state index contributed by atoms with van der Waals surface area (Å²) in [5.74, 6) is 0.301. The van der Waals surface area contributed by atoms with Gasteiger partial charge in [0.15, 0.2) is 0 Å². The SMILES string of the molecule is CCn1c(=O)sc2cc(NC(=O)CSc3ccc(C)cc3)ccc21. The molecule has 0 aliphatic rings. The molecule has 2 aromatic carbocycles. The number of aromatic nitrogens is 1. The first-order valence-corrected chi connectivity index (χ1v) is 9.49. The number of rotatable bonds is 5. The molecule has 1 heterocycles. The van der Waals surface area contributed by atoms with E-state index in [9.17, 15) is 9.59 Å². The van der Waals surface area contributed by atoms with Gasteiger partial charge in [-0.2, -0.15) is 0 Å². The number of benzene rings is 2. The second-order valence-corrected chi connectivity index (χ2v) is 7.49. The quantitative estimate of drug-likeness (QED) is 0.698. The molecule has 4 nitrogen and oxygen atoms in total. The van der Waals surface area contributed by atoms with Crippen LogP contribution in [0.5, 0.6) is 0 Å². The number of aryl methyl sites for hydroxylation is 2. The summed E-state index contributed by atoms with van der Waals surface area (Å²) < 4.78 is 2.63. The van der Waals surface area contributed by atoms with Gasteiger partial charge in [-0.3, -0.25) is 14.2 Å². The fraction of sp³-hybridized carbons (Fsp3) is 0.222. The monoisotopic (exact) mass is 358 g/mol. The average Bonchev–Trinajstić information content (AvgIpc) is 2.88. The zero-order valence-electron chi connectivity index (χ0n) is 13.5. The van der Waals surface area contributed by atoms with Gasteiger partial charge in [-0.25, -0.2) is 0 Å². The van der Waals surface area contributed by atoms with E-state index in [2.05, 4.69) is 5.32 Å². The van der Waals surface area contributed by atoms with Crippen LogP contribution in [-0.2, 0) is 11.3 Å². The summed E-state index contributed by atoms with van der Waals surface area (Å²) in [7, 11) is 0. The Morgan fingerprint density at radius 2 is 1.96 bits per heavy atom. The highest BCUT2D eigenvalue weighted by Crippen LogP contribution is 2.23. The Morgan fingerprint density at radius 1 is 1.21 bits per heavy atom. The van der Waals surface area contributed by atoms with Gasteiger partial charge in [0, 0.05) is 17.1 Å². The van der Waals surface area contributed by atoms with Crippen LogP contribution >= 0.6 is 23.1 Å². The van der Waals surface area contributed by atoms with E-state index >= 15 is 0 Å². The largest absolute Gasteiger partial charge is 0.325 e.